The second-order valence-corrected chi connectivity index (χ2v) is 4.84. The van der Waals surface area contributed by atoms with Crippen LogP contribution in [0.15, 0.2) is 6.20 Å². The van der Waals surface area contributed by atoms with Gasteiger partial charge in [0.05, 0.1) is 6.10 Å². The fourth-order valence-electron chi connectivity index (χ4n) is 2.32. The number of carbonyl (C=O) groups is 1. The molecule has 1 aliphatic carbocycles. The molecule has 0 spiro atoms. The van der Waals surface area contributed by atoms with Crippen molar-refractivity contribution in [3.63, 3.8) is 0 Å². The molecule has 19 heavy (non-hydrogen) atoms. The Bertz CT molecular complexity index is 497. The van der Waals surface area contributed by atoms with E-state index >= 15 is 0 Å². The van der Waals surface area contributed by atoms with Crippen LogP contribution in [0.2, 0.25) is 0 Å². The third-order valence-corrected chi connectivity index (χ3v) is 3.28. The first kappa shape index (κ1) is 13.6. The van der Waals surface area contributed by atoms with Crippen LogP contribution in [0.1, 0.15) is 31.7 Å². The summed E-state index contributed by atoms with van der Waals surface area (Å²) in [4.78, 5) is 11.8. The van der Waals surface area contributed by atoms with Gasteiger partial charge in [0.1, 0.15) is 11.6 Å². The summed E-state index contributed by atoms with van der Waals surface area (Å²) in [5.74, 6) is 0.636. The molecule has 0 aliphatic heterocycles. The Labute approximate surface area is 112 Å². The van der Waals surface area contributed by atoms with Gasteiger partial charge in [0, 0.05) is 26.3 Å². The molecule has 1 aromatic rings. The molecule has 0 radical (unpaired) electrons. The second-order valence-electron chi connectivity index (χ2n) is 4.84. The fraction of sp³-hybridized carbons (Fsp3) is 0.615. The highest BCUT2D eigenvalue weighted by Crippen LogP contribution is 2.32. The first-order valence-corrected chi connectivity index (χ1v) is 6.47. The van der Waals surface area contributed by atoms with Gasteiger partial charge in [0.25, 0.3) is 0 Å². The number of carbonyl (C=O) groups excluding carboxylic acids is 1. The third kappa shape index (κ3) is 3.32. The quantitative estimate of drug-likeness (QED) is 0.870. The van der Waals surface area contributed by atoms with Crippen molar-refractivity contribution >= 4 is 11.7 Å². The van der Waals surface area contributed by atoms with E-state index < -0.39 is 0 Å². The van der Waals surface area contributed by atoms with Crippen molar-refractivity contribution in [2.24, 2.45) is 13.0 Å². The molecule has 1 saturated carbocycles. The normalized spacial score (nSPS) is 21.5. The highest BCUT2D eigenvalue weighted by molar-refractivity contribution is 5.91. The van der Waals surface area contributed by atoms with Crippen LogP contribution >= 0.6 is 0 Å². The molecule has 0 aromatic carbocycles. The second kappa shape index (κ2) is 5.85. The maximum atomic E-state index is 11.8. The molecule has 1 aliphatic rings. The number of nitrogens with one attached hydrogen (secondary N) is 1. The van der Waals surface area contributed by atoms with Gasteiger partial charge in [-0.15, -0.1) is 0 Å². The van der Waals surface area contributed by atoms with E-state index in [0.717, 1.165) is 19.4 Å². The van der Waals surface area contributed by atoms with Crippen LogP contribution in [0.25, 0.3) is 0 Å². The predicted molar refractivity (Wildman–Crippen MR) is 69.3 cm³/mol. The van der Waals surface area contributed by atoms with E-state index in [2.05, 4.69) is 10.4 Å². The lowest BCUT2D eigenvalue weighted by Gasteiger charge is -2.34. The lowest BCUT2D eigenvalue weighted by Crippen LogP contribution is -2.34. The zero-order valence-electron chi connectivity index (χ0n) is 11.2. The van der Waals surface area contributed by atoms with Gasteiger partial charge in [-0.1, -0.05) is 0 Å². The van der Waals surface area contributed by atoms with Crippen LogP contribution < -0.4 is 5.32 Å². The first-order chi connectivity index (χ1) is 9.12. The molecule has 102 valence electrons. The smallest absolute Gasteiger partial charge is 0.225 e. The Morgan fingerprint density at radius 1 is 1.68 bits per heavy atom. The highest BCUT2D eigenvalue weighted by Gasteiger charge is 2.31. The molecule has 1 heterocycles. The predicted octanol–water partition coefficient (Wildman–Crippen LogP) is 1.44. The Balaban J connectivity index is 1.81. The van der Waals surface area contributed by atoms with E-state index in [0.29, 0.717) is 29.8 Å². The summed E-state index contributed by atoms with van der Waals surface area (Å²) in [6.07, 6.45) is 4.24. The number of rotatable bonds is 5. The number of nitrogens with zero attached hydrogens (tertiary/aromatic N) is 3. The van der Waals surface area contributed by atoms with Crippen molar-refractivity contribution in [1.82, 2.24) is 9.78 Å². The number of nitriles is 1. The number of aryl methyl sites for hydroxylation is 1. The maximum Gasteiger partial charge on any atom is 0.225 e. The average Bonchev–Trinajstić information content (AvgIpc) is 2.66. The summed E-state index contributed by atoms with van der Waals surface area (Å²) in [6, 6.07) is 2.01. The minimum Gasteiger partial charge on any atom is -0.378 e. The van der Waals surface area contributed by atoms with Gasteiger partial charge in [-0.3, -0.25) is 9.48 Å². The summed E-state index contributed by atoms with van der Waals surface area (Å²) >= 11 is 0. The zero-order chi connectivity index (χ0) is 13.8. The third-order valence-electron chi connectivity index (χ3n) is 3.28. The van der Waals surface area contributed by atoms with E-state index in [1.54, 1.807) is 13.2 Å². The van der Waals surface area contributed by atoms with Crippen molar-refractivity contribution in [3.8, 4) is 6.07 Å². The van der Waals surface area contributed by atoms with Gasteiger partial charge >= 0.3 is 0 Å². The van der Waals surface area contributed by atoms with Crippen molar-refractivity contribution < 1.29 is 9.53 Å². The molecule has 2 rings (SSSR count). The zero-order valence-corrected chi connectivity index (χ0v) is 11.2. The summed E-state index contributed by atoms with van der Waals surface area (Å²) in [5, 5.41) is 15.7. The van der Waals surface area contributed by atoms with Gasteiger partial charge in [0.2, 0.25) is 5.91 Å². The molecule has 6 nitrogen and oxygen atoms in total. The summed E-state index contributed by atoms with van der Waals surface area (Å²) < 4.78 is 6.97. The molecular formula is C13H18N4O2. The molecular weight excluding hydrogens is 244 g/mol. The topological polar surface area (TPSA) is 79.9 Å². The number of ether oxygens (including phenoxy) is 1. The van der Waals surface area contributed by atoms with Gasteiger partial charge in [-0.25, -0.2) is 0 Å². The van der Waals surface area contributed by atoms with Crippen LogP contribution in [0.5, 0.6) is 0 Å². The minimum atomic E-state index is -0.0878. The van der Waals surface area contributed by atoms with Gasteiger partial charge < -0.3 is 10.1 Å². The standard InChI is InChI=1S/C13H18N4O2/c1-3-19-11-4-9(5-11)6-12(18)15-13-10(7-14)8-17(2)16-13/h8-9,11H,3-6H2,1-2H3,(H,15,16,18). The largest absolute Gasteiger partial charge is 0.378 e. The molecule has 0 atom stereocenters. The molecule has 0 bridgehead atoms. The van der Waals surface area contributed by atoms with Gasteiger partial charge in [0.15, 0.2) is 5.82 Å². The molecule has 0 saturated heterocycles. The Kier molecular flexibility index (Phi) is 4.17. The van der Waals surface area contributed by atoms with Crippen LogP contribution in [0, 0.1) is 17.2 Å². The number of aromatic nitrogens is 2. The summed E-state index contributed by atoms with van der Waals surface area (Å²) in [6.45, 7) is 2.70. The Morgan fingerprint density at radius 3 is 3.05 bits per heavy atom. The van der Waals surface area contributed by atoms with Crippen LogP contribution in [0.3, 0.4) is 0 Å². The molecule has 1 amide bonds. The van der Waals surface area contributed by atoms with Crippen molar-refractivity contribution in [3.05, 3.63) is 11.8 Å². The lowest BCUT2D eigenvalue weighted by atomic mass is 9.80. The fourth-order valence-corrected chi connectivity index (χ4v) is 2.32. The van der Waals surface area contributed by atoms with Gasteiger partial charge in [-0.2, -0.15) is 10.4 Å². The van der Waals surface area contributed by atoms with Crippen molar-refractivity contribution in [2.75, 3.05) is 11.9 Å². The monoisotopic (exact) mass is 262 g/mol. The van der Waals surface area contributed by atoms with Crippen molar-refractivity contribution in [1.29, 1.82) is 5.26 Å². The van der Waals surface area contributed by atoms with E-state index in [9.17, 15) is 4.79 Å². The van der Waals surface area contributed by atoms with Gasteiger partial charge in [-0.05, 0) is 25.7 Å². The lowest BCUT2D eigenvalue weighted by molar-refractivity contribution is -0.119. The van der Waals surface area contributed by atoms with Crippen LogP contribution in [-0.4, -0.2) is 28.4 Å². The molecule has 1 aromatic heterocycles. The molecule has 6 heteroatoms. The SMILES string of the molecule is CCOC1CC(CC(=O)Nc2nn(C)cc2C#N)C1. The first-order valence-electron chi connectivity index (χ1n) is 6.47. The number of hydrogen-bond donors (Lipinski definition) is 1. The molecule has 1 N–H and O–H groups in total. The van der Waals surface area contributed by atoms with Crippen molar-refractivity contribution in [2.45, 2.75) is 32.3 Å². The Hall–Kier alpha value is -1.87. The van der Waals surface area contributed by atoms with Crippen LogP contribution in [0.4, 0.5) is 5.82 Å². The number of anilines is 1. The van der Waals surface area contributed by atoms with E-state index in [1.165, 1.54) is 4.68 Å². The number of hydrogen-bond acceptors (Lipinski definition) is 4. The Morgan fingerprint density at radius 2 is 2.42 bits per heavy atom. The summed E-state index contributed by atoms with van der Waals surface area (Å²) in [7, 11) is 1.72. The summed E-state index contributed by atoms with van der Waals surface area (Å²) in [5.41, 5.74) is 0.386. The highest BCUT2D eigenvalue weighted by atomic mass is 16.5. The van der Waals surface area contributed by atoms with E-state index in [-0.39, 0.29) is 5.91 Å². The average molecular weight is 262 g/mol. The van der Waals surface area contributed by atoms with E-state index in [4.69, 9.17) is 10.00 Å². The molecule has 0 unspecified atom stereocenters. The molecule has 1 fully saturated rings. The number of amides is 1. The van der Waals surface area contributed by atoms with E-state index in [1.807, 2.05) is 13.0 Å². The maximum absolute atomic E-state index is 11.8. The van der Waals surface area contributed by atoms with Crippen LogP contribution in [-0.2, 0) is 16.6 Å². The minimum absolute atomic E-state index is 0.0878.